The van der Waals surface area contributed by atoms with Crippen LogP contribution in [0.5, 0.6) is 0 Å². The molecule has 6 nitrogen and oxygen atoms in total. The number of nitrogens with zero attached hydrogens (tertiary/aromatic N) is 3. The maximum Gasteiger partial charge on any atom is 0.271 e. The molecule has 28 heavy (non-hydrogen) atoms. The maximum atomic E-state index is 12.2. The minimum atomic E-state index is -0.136. The highest BCUT2D eigenvalue weighted by molar-refractivity contribution is 6.30. The second kappa shape index (κ2) is 8.23. The fourth-order valence-electron chi connectivity index (χ4n) is 4.21. The third-order valence-corrected chi connectivity index (χ3v) is 6.11. The molecule has 150 valence electrons. The van der Waals surface area contributed by atoms with Gasteiger partial charge in [0.1, 0.15) is 5.69 Å². The molecule has 0 radical (unpaired) electrons. The molecule has 0 bridgehead atoms. The molecule has 1 amide bonds. The van der Waals surface area contributed by atoms with Crippen LogP contribution in [0.2, 0.25) is 5.02 Å². The molecule has 2 aliphatic heterocycles. The number of benzene rings is 1. The SMILES string of the molecule is Cn1ccc(C(=O)NCC2CCC3(CCN(Cc4ccc(Cl)cc4)CC3)O2)n1. The first-order valence-corrected chi connectivity index (χ1v) is 10.3. The van der Waals surface area contributed by atoms with Gasteiger partial charge in [-0.2, -0.15) is 5.10 Å². The summed E-state index contributed by atoms with van der Waals surface area (Å²) in [6.45, 7) is 3.58. The summed E-state index contributed by atoms with van der Waals surface area (Å²) < 4.78 is 8.04. The number of nitrogens with one attached hydrogen (secondary N) is 1. The molecule has 1 unspecified atom stereocenters. The summed E-state index contributed by atoms with van der Waals surface area (Å²) in [6.07, 6.45) is 6.03. The lowest BCUT2D eigenvalue weighted by Crippen LogP contribution is -2.44. The number of rotatable bonds is 5. The highest BCUT2D eigenvalue weighted by Crippen LogP contribution is 2.39. The standard InChI is InChI=1S/C21H27ClN4O2/c1-25-11-7-19(24-25)20(27)23-14-18-6-8-21(28-18)9-12-26(13-10-21)15-16-2-4-17(22)5-3-16/h2-5,7,11,18H,6,8-10,12-15H2,1H3,(H,23,27). The van der Waals surface area contributed by atoms with Crippen molar-refractivity contribution in [1.82, 2.24) is 20.0 Å². The van der Waals surface area contributed by atoms with Crippen LogP contribution in [0.1, 0.15) is 41.7 Å². The number of hydrogen-bond donors (Lipinski definition) is 1. The second-order valence-corrected chi connectivity index (χ2v) is 8.39. The summed E-state index contributed by atoms with van der Waals surface area (Å²) in [5.74, 6) is -0.136. The minimum Gasteiger partial charge on any atom is -0.370 e. The van der Waals surface area contributed by atoms with Crippen LogP contribution in [0.4, 0.5) is 0 Å². The van der Waals surface area contributed by atoms with Gasteiger partial charge < -0.3 is 10.1 Å². The molecule has 1 N–H and O–H groups in total. The number of carbonyl (C=O) groups excluding carboxylic acids is 1. The number of amides is 1. The number of ether oxygens (including phenoxy) is 1. The number of hydrogen-bond acceptors (Lipinski definition) is 4. The molecule has 4 rings (SSSR count). The van der Waals surface area contributed by atoms with Crippen molar-refractivity contribution >= 4 is 17.5 Å². The van der Waals surface area contributed by atoms with Crippen molar-refractivity contribution in [3.8, 4) is 0 Å². The van der Waals surface area contributed by atoms with Gasteiger partial charge >= 0.3 is 0 Å². The van der Waals surface area contributed by atoms with Gasteiger partial charge in [0.25, 0.3) is 5.91 Å². The lowest BCUT2D eigenvalue weighted by Gasteiger charge is -2.39. The van der Waals surface area contributed by atoms with Crippen molar-refractivity contribution in [3.05, 3.63) is 52.8 Å². The zero-order valence-electron chi connectivity index (χ0n) is 16.2. The Hall–Kier alpha value is -1.89. The van der Waals surface area contributed by atoms with E-state index in [0.717, 1.165) is 50.3 Å². The third kappa shape index (κ3) is 4.57. The van der Waals surface area contributed by atoms with Gasteiger partial charge in [0.2, 0.25) is 0 Å². The van der Waals surface area contributed by atoms with E-state index in [1.807, 2.05) is 12.1 Å². The van der Waals surface area contributed by atoms with Gasteiger partial charge in [0, 0.05) is 44.4 Å². The van der Waals surface area contributed by atoms with E-state index in [4.69, 9.17) is 16.3 Å². The van der Waals surface area contributed by atoms with Gasteiger partial charge in [-0.3, -0.25) is 14.4 Å². The van der Waals surface area contributed by atoms with Crippen molar-refractivity contribution in [2.75, 3.05) is 19.6 Å². The van der Waals surface area contributed by atoms with Crippen LogP contribution in [-0.4, -0.2) is 51.9 Å². The highest BCUT2D eigenvalue weighted by atomic mass is 35.5. The van der Waals surface area contributed by atoms with E-state index in [2.05, 4.69) is 27.4 Å². The van der Waals surface area contributed by atoms with Crippen LogP contribution in [0.25, 0.3) is 0 Å². The molecule has 0 saturated carbocycles. The van der Waals surface area contributed by atoms with Gasteiger partial charge in [0.05, 0.1) is 11.7 Å². The third-order valence-electron chi connectivity index (χ3n) is 5.86. The van der Waals surface area contributed by atoms with Crippen molar-refractivity contribution in [3.63, 3.8) is 0 Å². The minimum absolute atomic E-state index is 0.0170. The molecule has 3 heterocycles. The van der Waals surface area contributed by atoms with Crippen LogP contribution in [-0.2, 0) is 18.3 Å². The number of piperidine rings is 1. The molecule has 1 aromatic carbocycles. The molecule has 0 aliphatic carbocycles. The Bertz CT molecular complexity index is 812. The van der Waals surface area contributed by atoms with Gasteiger partial charge in [-0.25, -0.2) is 0 Å². The van der Waals surface area contributed by atoms with E-state index in [1.54, 1.807) is 24.0 Å². The summed E-state index contributed by atoms with van der Waals surface area (Å²) in [6, 6.07) is 9.82. The second-order valence-electron chi connectivity index (χ2n) is 7.95. The number of halogens is 1. The average Bonchev–Trinajstić information content (AvgIpc) is 3.30. The monoisotopic (exact) mass is 402 g/mol. The zero-order valence-corrected chi connectivity index (χ0v) is 17.0. The van der Waals surface area contributed by atoms with E-state index in [-0.39, 0.29) is 17.6 Å². The van der Waals surface area contributed by atoms with Crippen LogP contribution >= 0.6 is 11.6 Å². The average molecular weight is 403 g/mol. The van der Waals surface area contributed by atoms with Crippen molar-refractivity contribution < 1.29 is 9.53 Å². The molecule has 2 aromatic rings. The summed E-state index contributed by atoms with van der Waals surface area (Å²) in [4.78, 5) is 14.6. The predicted octanol–water partition coefficient (Wildman–Crippen LogP) is 3.02. The number of likely N-dealkylation sites (tertiary alicyclic amines) is 1. The van der Waals surface area contributed by atoms with Crippen molar-refractivity contribution in [2.45, 2.75) is 43.9 Å². The normalized spacial score (nSPS) is 21.9. The van der Waals surface area contributed by atoms with Crippen LogP contribution in [0.3, 0.4) is 0 Å². The smallest absolute Gasteiger partial charge is 0.271 e. The summed E-state index contributed by atoms with van der Waals surface area (Å²) in [7, 11) is 1.81. The van der Waals surface area contributed by atoms with E-state index < -0.39 is 0 Å². The summed E-state index contributed by atoms with van der Waals surface area (Å²) in [5.41, 5.74) is 1.73. The molecular formula is C21H27ClN4O2. The fourth-order valence-corrected chi connectivity index (χ4v) is 4.33. The first kappa shape index (κ1) is 19.4. The van der Waals surface area contributed by atoms with E-state index in [0.29, 0.717) is 12.2 Å². The Balaban J connectivity index is 1.23. The maximum absolute atomic E-state index is 12.2. The first-order chi connectivity index (χ1) is 13.5. The Labute approximate surface area is 170 Å². The lowest BCUT2D eigenvalue weighted by molar-refractivity contribution is -0.0764. The lowest BCUT2D eigenvalue weighted by atomic mass is 9.88. The molecule has 1 aromatic heterocycles. The topological polar surface area (TPSA) is 59.4 Å². The zero-order chi connectivity index (χ0) is 19.6. The Morgan fingerprint density at radius 3 is 2.68 bits per heavy atom. The van der Waals surface area contributed by atoms with Crippen molar-refractivity contribution in [1.29, 1.82) is 0 Å². The van der Waals surface area contributed by atoms with Gasteiger partial charge in [-0.05, 0) is 49.4 Å². The summed E-state index contributed by atoms with van der Waals surface area (Å²) in [5, 5.41) is 7.88. The van der Waals surface area contributed by atoms with E-state index >= 15 is 0 Å². The molecular weight excluding hydrogens is 376 g/mol. The van der Waals surface area contributed by atoms with Crippen LogP contribution in [0.15, 0.2) is 36.5 Å². The van der Waals surface area contributed by atoms with Gasteiger partial charge in [-0.15, -0.1) is 0 Å². The summed E-state index contributed by atoms with van der Waals surface area (Å²) >= 11 is 5.97. The molecule has 7 heteroatoms. The molecule has 2 saturated heterocycles. The number of aromatic nitrogens is 2. The van der Waals surface area contributed by atoms with Crippen LogP contribution < -0.4 is 5.32 Å². The highest BCUT2D eigenvalue weighted by Gasteiger charge is 2.42. The molecule has 2 aliphatic rings. The van der Waals surface area contributed by atoms with Crippen LogP contribution in [0, 0.1) is 0 Å². The first-order valence-electron chi connectivity index (χ1n) is 9.94. The van der Waals surface area contributed by atoms with Crippen molar-refractivity contribution in [2.24, 2.45) is 7.05 Å². The van der Waals surface area contributed by atoms with Gasteiger partial charge in [-0.1, -0.05) is 23.7 Å². The Morgan fingerprint density at radius 1 is 1.25 bits per heavy atom. The van der Waals surface area contributed by atoms with E-state index in [1.165, 1.54) is 5.56 Å². The number of aryl methyl sites for hydroxylation is 1. The fraction of sp³-hybridized carbons (Fsp3) is 0.524. The van der Waals surface area contributed by atoms with E-state index in [9.17, 15) is 4.79 Å². The Morgan fingerprint density at radius 2 is 2.00 bits per heavy atom. The number of carbonyl (C=O) groups is 1. The molecule has 2 fully saturated rings. The largest absolute Gasteiger partial charge is 0.370 e. The molecule has 1 atom stereocenters. The Kier molecular flexibility index (Phi) is 5.71. The molecule has 1 spiro atoms. The predicted molar refractivity (Wildman–Crippen MR) is 108 cm³/mol. The van der Waals surface area contributed by atoms with Gasteiger partial charge in [0.15, 0.2) is 0 Å². The quantitative estimate of drug-likeness (QED) is 0.835.